The van der Waals surface area contributed by atoms with E-state index in [9.17, 15) is 37.1 Å². The molecule has 6 rings (SSSR count). The van der Waals surface area contributed by atoms with Gasteiger partial charge in [-0.3, -0.25) is 20.2 Å². The first kappa shape index (κ1) is 53.9. The van der Waals surface area contributed by atoms with Gasteiger partial charge in [0.15, 0.2) is 0 Å². The van der Waals surface area contributed by atoms with E-state index in [0.717, 1.165) is 0 Å². The first-order chi connectivity index (χ1) is 30.3. The number of nitrogens with zero attached hydrogens (tertiary/aromatic N) is 7. The zero-order chi connectivity index (χ0) is 47.6. The van der Waals surface area contributed by atoms with E-state index >= 15 is 0 Å². The first-order valence-electron chi connectivity index (χ1n) is 20.1. The molecule has 0 saturated carbocycles. The molecular weight excluding hydrogens is 937 g/mol. The average Bonchev–Trinajstić information content (AvgIpc) is 3.28. The van der Waals surface area contributed by atoms with E-state index in [0.29, 0.717) is 50.3 Å². The van der Waals surface area contributed by atoms with E-state index in [1.807, 2.05) is 0 Å². The predicted molar refractivity (Wildman–Crippen MR) is 248 cm³/mol. The van der Waals surface area contributed by atoms with Gasteiger partial charge in [-0.1, -0.05) is 55.6 Å². The van der Waals surface area contributed by atoms with Crippen molar-refractivity contribution in [2.75, 3.05) is 65.3 Å². The SMILES string of the molecule is CCN(CC)CC.COc1ccc(S(=O)(=O)N2CCC(N)CC2)cc1Cl.COc1ccc(S(=O)(=O)N2CCC(Nc3ncccc3[N+](=O)[O-])CC2)cc1Cl.O=[N+]([O-])c1cccnc1Cl. The molecular formula is C40H54Cl3N9O10S2. The molecule has 2 saturated heterocycles. The van der Waals surface area contributed by atoms with Crippen molar-refractivity contribution in [2.24, 2.45) is 5.73 Å². The fourth-order valence-electron chi connectivity index (χ4n) is 6.30. The minimum Gasteiger partial charge on any atom is -0.495 e. The van der Waals surface area contributed by atoms with Crippen LogP contribution in [0.3, 0.4) is 0 Å². The van der Waals surface area contributed by atoms with Gasteiger partial charge in [0, 0.05) is 62.8 Å². The van der Waals surface area contributed by atoms with Crippen molar-refractivity contribution in [2.45, 2.75) is 68.3 Å². The van der Waals surface area contributed by atoms with Crippen LogP contribution in [-0.4, -0.2) is 122 Å². The summed E-state index contributed by atoms with van der Waals surface area (Å²) in [6, 6.07) is 14.5. The number of sulfonamides is 2. The second kappa shape index (κ2) is 25.9. The van der Waals surface area contributed by atoms with Crippen molar-refractivity contribution in [3.05, 3.63) is 108 Å². The molecule has 0 bridgehead atoms. The number of rotatable bonds is 13. The number of aromatic nitrogens is 2. The summed E-state index contributed by atoms with van der Waals surface area (Å²) in [7, 11) is -4.24. The highest BCUT2D eigenvalue weighted by molar-refractivity contribution is 7.89. The van der Waals surface area contributed by atoms with Gasteiger partial charge in [0.1, 0.15) is 11.5 Å². The molecule has 2 aliphatic heterocycles. The Morgan fingerprint density at radius 3 is 1.50 bits per heavy atom. The molecule has 24 heteroatoms. The minimum absolute atomic E-state index is 0.0764. The summed E-state index contributed by atoms with van der Waals surface area (Å²) in [6.07, 6.45) is 5.23. The van der Waals surface area contributed by atoms with Gasteiger partial charge in [0.05, 0.1) is 43.9 Å². The van der Waals surface area contributed by atoms with E-state index in [-0.39, 0.29) is 67.4 Å². The topological polar surface area (TPSA) is 247 Å². The van der Waals surface area contributed by atoms with Crippen LogP contribution in [-0.2, 0) is 20.0 Å². The molecule has 0 radical (unpaired) electrons. The highest BCUT2D eigenvalue weighted by atomic mass is 35.5. The molecule has 4 heterocycles. The van der Waals surface area contributed by atoms with Crippen molar-refractivity contribution in [1.82, 2.24) is 23.5 Å². The molecule has 0 amide bonds. The van der Waals surface area contributed by atoms with Crippen LogP contribution in [0.15, 0.2) is 82.8 Å². The van der Waals surface area contributed by atoms with E-state index in [4.69, 9.17) is 50.0 Å². The Kier molecular flexibility index (Phi) is 21.8. The van der Waals surface area contributed by atoms with Gasteiger partial charge >= 0.3 is 11.4 Å². The number of methoxy groups -OCH3 is 2. The standard InChI is InChI=1S/C17H19ClN4O5S.C12H17ClN2O3S.C6H15N.C5H3ClN2O2/c1-27-16-5-4-13(11-14(16)18)28(25,26)21-9-6-12(7-10-21)20-17-15(22(23)24)3-2-8-19-17;1-18-12-3-2-10(8-11(12)13)19(16,17)15-6-4-9(14)5-7-15;1-4-7(5-2)6-3;6-5-4(8(9)10)2-1-3-7-5/h2-5,8,11-12H,6-7,9-10H2,1H3,(H,19,20);2-3,8-9H,4-7,14H2,1H3;4-6H2,1-3H3;1-3H. The van der Waals surface area contributed by atoms with Crippen LogP contribution in [0.5, 0.6) is 11.5 Å². The van der Waals surface area contributed by atoms with Gasteiger partial charge in [-0.15, -0.1) is 0 Å². The summed E-state index contributed by atoms with van der Waals surface area (Å²) in [5.74, 6) is 1.05. The zero-order valence-corrected chi connectivity index (χ0v) is 40.0. The molecule has 0 aliphatic carbocycles. The maximum absolute atomic E-state index is 12.9. The average molecular weight is 991 g/mol. The van der Waals surface area contributed by atoms with Crippen molar-refractivity contribution in [3.8, 4) is 11.5 Å². The number of hydrogen-bond acceptors (Lipinski definition) is 15. The molecule has 2 aromatic carbocycles. The Morgan fingerprint density at radius 2 is 1.14 bits per heavy atom. The van der Waals surface area contributed by atoms with Crippen LogP contribution in [0.4, 0.5) is 17.2 Å². The lowest BCUT2D eigenvalue weighted by Crippen LogP contribution is -2.42. The predicted octanol–water partition coefficient (Wildman–Crippen LogP) is 7.37. The van der Waals surface area contributed by atoms with Gasteiger partial charge in [0.2, 0.25) is 31.0 Å². The molecule has 2 fully saturated rings. The maximum Gasteiger partial charge on any atom is 0.311 e. The minimum atomic E-state index is -3.69. The van der Waals surface area contributed by atoms with Gasteiger partial charge in [0.25, 0.3) is 0 Å². The fourth-order valence-corrected chi connectivity index (χ4v) is 10.1. The summed E-state index contributed by atoms with van der Waals surface area (Å²) in [5, 5.41) is 24.7. The van der Waals surface area contributed by atoms with Crippen LogP contribution in [0, 0.1) is 20.2 Å². The molecule has 352 valence electrons. The number of hydrogen-bond donors (Lipinski definition) is 2. The van der Waals surface area contributed by atoms with Gasteiger partial charge in [-0.05, 0) is 93.8 Å². The normalized spacial score (nSPS) is 15.0. The number of piperidine rings is 2. The lowest BCUT2D eigenvalue weighted by molar-refractivity contribution is -0.385. The van der Waals surface area contributed by atoms with E-state index in [2.05, 4.69) is 41.0 Å². The zero-order valence-electron chi connectivity index (χ0n) is 36.1. The molecule has 2 aliphatic rings. The monoisotopic (exact) mass is 989 g/mol. The molecule has 2 aromatic heterocycles. The molecule has 0 unspecified atom stereocenters. The van der Waals surface area contributed by atoms with Crippen molar-refractivity contribution >= 4 is 72.0 Å². The summed E-state index contributed by atoms with van der Waals surface area (Å²) in [4.78, 5) is 30.3. The third-order valence-corrected chi connectivity index (χ3v) is 14.7. The molecule has 0 atom stereocenters. The number of halogens is 3. The quantitative estimate of drug-likeness (QED) is 0.0754. The van der Waals surface area contributed by atoms with Crippen LogP contribution in [0.2, 0.25) is 15.2 Å². The Balaban J connectivity index is 0.000000259. The molecule has 0 spiro atoms. The fraction of sp³-hybridized carbons (Fsp3) is 0.450. The maximum atomic E-state index is 12.9. The summed E-state index contributed by atoms with van der Waals surface area (Å²) in [6.45, 7) is 11.6. The number of nitrogens with one attached hydrogen (secondary N) is 1. The second-order valence-corrected chi connectivity index (χ2v) is 19.0. The van der Waals surface area contributed by atoms with Crippen LogP contribution in [0.1, 0.15) is 46.5 Å². The smallest absolute Gasteiger partial charge is 0.311 e. The molecule has 64 heavy (non-hydrogen) atoms. The number of benzene rings is 2. The highest BCUT2D eigenvalue weighted by Gasteiger charge is 2.31. The number of pyridine rings is 2. The molecule has 4 aromatic rings. The Bertz CT molecular complexity index is 2360. The largest absolute Gasteiger partial charge is 0.495 e. The Labute approximate surface area is 389 Å². The summed E-state index contributed by atoms with van der Waals surface area (Å²) in [5.41, 5.74) is 5.51. The van der Waals surface area contributed by atoms with Crippen molar-refractivity contribution < 1.29 is 36.2 Å². The van der Waals surface area contributed by atoms with Crippen molar-refractivity contribution in [1.29, 1.82) is 0 Å². The lowest BCUT2D eigenvalue weighted by Gasteiger charge is -2.31. The number of nitrogens with two attached hydrogens (primary N) is 1. The summed E-state index contributed by atoms with van der Waals surface area (Å²) < 4.78 is 63.5. The third kappa shape index (κ3) is 15.3. The Hall–Kier alpha value is -4.45. The molecule has 3 N–H and O–H groups in total. The number of ether oxygens (including phenoxy) is 2. The third-order valence-electron chi connectivity index (χ3n) is 10.1. The van der Waals surface area contributed by atoms with Crippen LogP contribution in [0.25, 0.3) is 0 Å². The van der Waals surface area contributed by atoms with Crippen molar-refractivity contribution in [3.63, 3.8) is 0 Å². The first-order valence-corrected chi connectivity index (χ1v) is 24.1. The molecule has 19 nitrogen and oxygen atoms in total. The Morgan fingerprint density at radius 1 is 0.719 bits per heavy atom. The van der Waals surface area contributed by atoms with E-state index in [1.165, 1.54) is 109 Å². The highest BCUT2D eigenvalue weighted by Crippen LogP contribution is 2.31. The second-order valence-electron chi connectivity index (χ2n) is 14.0. The number of nitro groups is 2. The van der Waals surface area contributed by atoms with E-state index < -0.39 is 29.9 Å². The number of anilines is 1. The van der Waals surface area contributed by atoms with Gasteiger partial charge < -0.3 is 25.4 Å². The summed E-state index contributed by atoms with van der Waals surface area (Å²) >= 11 is 17.4. The van der Waals surface area contributed by atoms with Crippen LogP contribution >= 0.6 is 34.8 Å². The lowest BCUT2D eigenvalue weighted by atomic mass is 10.1. The van der Waals surface area contributed by atoms with Gasteiger partial charge in [-0.25, -0.2) is 26.8 Å². The van der Waals surface area contributed by atoms with Gasteiger partial charge in [-0.2, -0.15) is 8.61 Å². The van der Waals surface area contributed by atoms with E-state index in [1.54, 1.807) is 6.07 Å². The van der Waals surface area contributed by atoms with Crippen LogP contribution < -0.4 is 20.5 Å².